The molecule has 0 fully saturated rings. The fraction of sp³-hybridized carbons (Fsp3) is 0.571. The molecule has 0 heterocycles. The molecule has 1 unspecified atom stereocenters. The van der Waals surface area contributed by atoms with Crippen molar-refractivity contribution in [1.29, 1.82) is 0 Å². The van der Waals surface area contributed by atoms with Gasteiger partial charge in [0.1, 0.15) is 5.75 Å². The summed E-state index contributed by atoms with van der Waals surface area (Å²) in [6.07, 6.45) is -0.675. The number of aryl methyl sites for hydroxylation is 1. The summed E-state index contributed by atoms with van der Waals surface area (Å²) < 4.78 is 5.47. The highest BCUT2D eigenvalue weighted by atomic mass is 16.5. The van der Waals surface area contributed by atoms with Crippen LogP contribution in [0.25, 0.3) is 0 Å². The predicted molar refractivity (Wildman–Crippen MR) is 70.4 cm³/mol. The van der Waals surface area contributed by atoms with Crippen molar-refractivity contribution in [2.24, 2.45) is 5.73 Å². The molecule has 0 bridgehead atoms. The third-order valence-corrected chi connectivity index (χ3v) is 2.86. The molecule has 1 aromatic carbocycles. The van der Waals surface area contributed by atoms with Crippen LogP contribution in [-0.4, -0.2) is 18.8 Å². The highest BCUT2D eigenvalue weighted by Crippen LogP contribution is 2.37. The monoisotopic (exact) mass is 237 g/mol. The van der Waals surface area contributed by atoms with Gasteiger partial charge in [-0.2, -0.15) is 0 Å². The maximum absolute atomic E-state index is 9.95. The van der Waals surface area contributed by atoms with E-state index in [-0.39, 0.29) is 12.0 Å². The topological polar surface area (TPSA) is 55.5 Å². The number of ether oxygens (including phenoxy) is 1. The minimum Gasteiger partial charge on any atom is -0.496 e. The van der Waals surface area contributed by atoms with E-state index in [1.165, 1.54) is 0 Å². The lowest BCUT2D eigenvalue weighted by Gasteiger charge is -2.26. The van der Waals surface area contributed by atoms with Gasteiger partial charge in [-0.15, -0.1) is 0 Å². The molecule has 3 nitrogen and oxygen atoms in total. The summed E-state index contributed by atoms with van der Waals surface area (Å²) in [5.41, 5.74) is 8.49. The minimum absolute atomic E-state index is 0.0273. The van der Waals surface area contributed by atoms with E-state index in [4.69, 9.17) is 10.5 Å². The Morgan fingerprint density at radius 3 is 2.35 bits per heavy atom. The number of benzene rings is 1. The second-order valence-corrected chi connectivity index (χ2v) is 5.44. The molecule has 0 aliphatic heterocycles. The Bertz CT molecular complexity index is 394. The Kier molecular flexibility index (Phi) is 4.17. The lowest BCUT2D eigenvalue weighted by atomic mass is 9.83. The van der Waals surface area contributed by atoms with E-state index in [1.807, 2.05) is 13.0 Å². The molecule has 96 valence electrons. The Labute approximate surface area is 104 Å². The molecule has 0 aromatic heterocycles. The van der Waals surface area contributed by atoms with Crippen LogP contribution in [0, 0.1) is 6.92 Å². The average Bonchev–Trinajstić information content (AvgIpc) is 2.25. The molecule has 0 saturated carbocycles. The summed E-state index contributed by atoms with van der Waals surface area (Å²) in [5, 5.41) is 9.95. The van der Waals surface area contributed by atoms with Gasteiger partial charge in [0.15, 0.2) is 0 Å². The van der Waals surface area contributed by atoms with Crippen LogP contribution in [0.3, 0.4) is 0 Å². The predicted octanol–water partition coefficient (Wildman–Crippen LogP) is 2.29. The molecule has 1 atom stereocenters. The van der Waals surface area contributed by atoms with Crippen molar-refractivity contribution in [1.82, 2.24) is 0 Å². The van der Waals surface area contributed by atoms with Crippen LogP contribution in [0.15, 0.2) is 12.1 Å². The van der Waals surface area contributed by atoms with Crippen LogP contribution in [-0.2, 0) is 5.41 Å². The van der Waals surface area contributed by atoms with Gasteiger partial charge in [-0.25, -0.2) is 0 Å². The van der Waals surface area contributed by atoms with Crippen LogP contribution in [0.5, 0.6) is 5.75 Å². The zero-order valence-electron chi connectivity index (χ0n) is 11.4. The molecule has 17 heavy (non-hydrogen) atoms. The van der Waals surface area contributed by atoms with E-state index < -0.39 is 6.10 Å². The van der Waals surface area contributed by atoms with Gasteiger partial charge in [0, 0.05) is 17.7 Å². The van der Waals surface area contributed by atoms with Crippen LogP contribution in [0.2, 0.25) is 0 Å². The first-order valence-corrected chi connectivity index (χ1v) is 5.88. The molecule has 1 rings (SSSR count). The van der Waals surface area contributed by atoms with Gasteiger partial charge in [0.25, 0.3) is 0 Å². The highest BCUT2D eigenvalue weighted by Gasteiger charge is 2.23. The Morgan fingerprint density at radius 1 is 1.35 bits per heavy atom. The third-order valence-electron chi connectivity index (χ3n) is 2.86. The van der Waals surface area contributed by atoms with Gasteiger partial charge in [-0.05, 0) is 18.4 Å². The van der Waals surface area contributed by atoms with Crippen LogP contribution in [0.1, 0.15) is 43.6 Å². The van der Waals surface area contributed by atoms with Crippen molar-refractivity contribution in [3.8, 4) is 5.75 Å². The van der Waals surface area contributed by atoms with Crippen molar-refractivity contribution in [2.75, 3.05) is 13.7 Å². The zero-order chi connectivity index (χ0) is 13.2. The Morgan fingerprint density at radius 2 is 1.94 bits per heavy atom. The van der Waals surface area contributed by atoms with Crippen molar-refractivity contribution < 1.29 is 9.84 Å². The van der Waals surface area contributed by atoms with Gasteiger partial charge in [0.2, 0.25) is 0 Å². The van der Waals surface area contributed by atoms with Crippen molar-refractivity contribution >= 4 is 0 Å². The van der Waals surface area contributed by atoms with Gasteiger partial charge in [-0.1, -0.05) is 32.4 Å². The van der Waals surface area contributed by atoms with E-state index in [0.29, 0.717) is 0 Å². The van der Waals surface area contributed by atoms with Gasteiger partial charge in [-0.3, -0.25) is 0 Å². The Hall–Kier alpha value is -1.06. The number of rotatable bonds is 3. The molecule has 0 spiro atoms. The van der Waals surface area contributed by atoms with E-state index in [2.05, 4.69) is 26.8 Å². The van der Waals surface area contributed by atoms with Crippen molar-refractivity contribution in [2.45, 2.75) is 39.2 Å². The fourth-order valence-corrected chi connectivity index (χ4v) is 1.96. The summed E-state index contributed by atoms with van der Waals surface area (Å²) in [7, 11) is 1.63. The van der Waals surface area contributed by atoms with Crippen LogP contribution in [0.4, 0.5) is 0 Å². The summed E-state index contributed by atoms with van der Waals surface area (Å²) in [4.78, 5) is 0. The molecular weight excluding hydrogens is 214 g/mol. The maximum atomic E-state index is 9.95. The molecule has 0 aliphatic carbocycles. The number of hydrogen-bond acceptors (Lipinski definition) is 3. The molecule has 0 saturated heterocycles. The normalized spacial score (nSPS) is 13.6. The average molecular weight is 237 g/mol. The standard InChI is InChI=1S/C14H23NO2/c1-9-6-10(12(16)8-15)13(17-5)11(7-9)14(2,3)4/h6-7,12,16H,8,15H2,1-5H3. The summed E-state index contributed by atoms with van der Waals surface area (Å²) in [6, 6.07) is 4.04. The second-order valence-electron chi connectivity index (χ2n) is 5.44. The molecule has 3 heteroatoms. The molecule has 0 amide bonds. The highest BCUT2D eigenvalue weighted by molar-refractivity contribution is 5.48. The smallest absolute Gasteiger partial charge is 0.128 e. The molecule has 3 N–H and O–H groups in total. The maximum Gasteiger partial charge on any atom is 0.128 e. The third kappa shape index (κ3) is 2.99. The first kappa shape index (κ1) is 14.0. The molecular formula is C14H23NO2. The number of aliphatic hydroxyl groups is 1. The van der Waals surface area contributed by atoms with Crippen molar-refractivity contribution in [3.63, 3.8) is 0 Å². The molecule has 0 radical (unpaired) electrons. The van der Waals surface area contributed by atoms with Gasteiger partial charge < -0.3 is 15.6 Å². The summed E-state index contributed by atoms with van der Waals surface area (Å²) in [6.45, 7) is 8.60. The lowest BCUT2D eigenvalue weighted by Crippen LogP contribution is -2.18. The Balaban J connectivity index is 3.46. The zero-order valence-corrected chi connectivity index (χ0v) is 11.4. The SMILES string of the molecule is COc1c(C(O)CN)cc(C)cc1C(C)(C)C. The number of hydrogen-bond donors (Lipinski definition) is 2. The minimum atomic E-state index is -0.675. The fourth-order valence-electron chi connectivity index (χ4n) is 1.96. The van der Waals surface area contributed by atoms with Crippen LogP contribution < -0.4 is 10.5 Å². The van der Waals surface area contributed by atoms with Crippen LogP contribution >= 0.6 is 0 Å². The number of methoxy groups -OCH3 is 1. The largest absolute Gasteiger partial charge is 0.496 e. The lowest BCUT2D eigenvalue weighted by molar-refractivity contribution is 0.181. The first-order chi connectivity index (χ1) is 7.81. The summed E-state index contributed by atoms with van der Waals surface area (Å²) >= 11 is 0. The first-order valence-electron chi connectivity index (χ1n) is 5.88. The number of nitrogens with two attached hydrogens (primary N) is 1. The van der Waals surface area contributed by atoms with Gasteiger partial charge >= 0.3 is 0 Å². The summed E-state index contributed by atoms with van der Waals surface area (Å²) in [5.74, 6) is 0.751. The van der Waals surface area contributed by atoms with Crippen molar-refractivity contribution in [3.05, 3.63) is 28.8 Å². The quantitative estimate of drug-likeness (QED) is 0.848. The van der Waals surface area contributed by atoms with E-state index in [1.54, 1.807) is 7.11 Å². The second kappa shape index (κ2) is 5.07. The van der Waals surface area contributed by atoms with E-state index >= 15 is 0 Å². The number of aliphatic hydroxyl groups excluding tert-OH is 1. The molecule has 0 aliphatic rings. The van der Waals surface area contributed by atoms with Gasteiger partial charge in [0.05, 0.1) is 13.2 Å². The van der Waals surface area contributed by atoms with E-state index in [9.17, 15) is 5.11 Å². The van der Waals surface area contributed by atoms with E-state index in [0.717, 1.165) is 22.4 Å². The molecule has 1 aromatic rings.